The van der Waals surface area contributed by atoms with Crippen molar-refractivity contribution >= 4 is 0 Å². The fourth-order valence-electron chi connectivity index (χ4n) is 6.01. The molecule has 0 nitrogen and oxygen atoms in total. The molecule has 0 saturated heterocycles. The molecule has 0 bridgehead atoms. The van der Waals surface area contributed by atoms with Gasteiger partial charge in [0.2, 0.25) is 0 Å². The van der Waals surface area contributed by atoms with Crippen molar-refractivity contribution in [2.45, 2.75) is 89.9 Å². The van der Waals surface area contributed by atoms with E-state index in [1.807, 2.05) is 0 Å². The lowest BCUT2D eigenvalue weighted by atomic mass is 9.70. The highest BCUT2D eigenvalue weighted by Crippen LogP contribution is 2.47. The molecular weight excluding hydrogens is 336 g/mol. The normalized spacial score (nSPS) is 28.2. The molecule has 2 saturated carbocycles. The molecule has 2 aliphatic carbocycles. The van der Waals surface area contributed by atoms with Gasteiger partial charge in [-0.15, -0.1) is 0 Å². The van der Waals surface area contributed by atoms with E-state index < -0.39 is 0 Å². The van der Waals surface area contributed by atoms with Gasteiger partial charge in [-0.25, -0.2) is 0 Å². The minimum Gasteiger partial charge on any atom is -0.0651 e. The lowest BCUT2D eigenvalue weighted by molar-refractivity contribution is 0.306. The highest BCUT2D eigenvalue weighted by atomic mass is 14.3. The van der Waals surface area contributed by atoms with E-state index in [4.69, 9.17) is 0 Å². The molecular formula is C28H38. The molecule has 150 valence electrons. The van der Waals surface area contributed by atoms with Crippen molar-refractivity contribution in [2.75, 3.05) is 0 Å². The van der Waals surface area contributed by atoms with Crippen LogP contribution in [0.2, 0.25) is 0 Å². The van der Waals surface area contributed by atoms with E-state index in [0.29, 0.717) is 0 Å². The highest BCUT2D eigenvalue weighted by molar-refractivity contribution is 5.70. The fraction of sp³-hybridized carbons (Fsp3) is 0.571. The highest BCUT2D eigenvalue weighted by Gasteiger charge is 2.29. The second kappa shape index (κ2) is 9.29. The van der Waals surface area contributed by atoms with Gasteiger partial charge in [-0.2, -0.15) is 0 Å². The first-order valence-electron chi connectivity index (χ1n) is 12.0. The maximum absolute atomic E-state index is 2.49. The Morgan fingerprint density at radius 1 is 0.607 bits per heavy atom. The zero-order valence-corrected chi connectivity index (χ0v) is 18.0. The largest absolute Gasteiger partial charge is 0.0651 e. The summed E-state index contributed by atoms with van der Waals surface area (Å²) in [5.41, 5.74) is 6.37. The predicted octanol–water partition coefficient (Wildman–Crippen LogP) is 8.72. The van der Waals surface area contributed by atoms with Crippen LogP contribution in [0, 0.1) is 11.8 Å². The first-order chi connectivity index (χ1) is 13.8. The van der Waals surface area contributed by atoms with E-state index in [0.717, 1.165) is 23.7 Å². The Balaban J connectivity index is 1.70. The molecule has 2 aromatic rings. The van der Waals surface area contributed by atoms with Crippen LogP contribution >= 0.6 is 0 Å². The van der Waals surface area contributed by atoms with Gasteiger partial charge in [0.1, 0.15) is 0 Å². The lowest BCUT2D eigenvalue weighted by Crippen LogP contribution is -2.18. The molecule has 2 fully saturated rings. The summed E-state index contributed by atoms with van der Waals surface area (Å²) in [7, 11) is 0. The summed E-state index contributed by atoms with van der Waals surface area (Å²) in [6.07, 6.45) is 14.0. The monoisotopic (exact) mass is 374 g/mol. The van der Waals surface area contributed by atoms with Gasteiger partial charge >= 0.3 is 0 Å². The Bertz CT molecular complexity index is 728. The van der Waals surface area contributed by atoms with Gasteiger partial charge in [0.15, 0.2) is 0 Å². The molecule has 0 amide bonds. The maximum atomic E-state index is 2.49. The van der Waals surface area contributed by atoms with Crippen LogP contribution in [0.1, 0.15) is 101 Å². The van der Waals surface area contributed by atoms with Crippen LogP contribution < -0.4 is 0 Å². The number of rotatable bonds is 5. The van der Waals surface area contributed by atoms with Crippen LogP contribution in [0.3, 0.4) is 0 Å². The van der Waals surface area contributed by atoms with Crippen LogP contribution in [0.15, 0.2) is 48.5 Å². The third-order valence-electron chi connectivity index (χ3n) is 7.92. The van der Waals surface area contributed by atoms with Crippen molar-refractivity contribution in [1.29, 1.82) is 0 Å². The summed E-state index contributed by atoms with van der Waals surface area (Å²) in [4.78, 5) is 0. The summed E-state index contributed by atoms with van der Waals surface area (Å²) in [5.74, 6) is 3.48. The SMILES string of the molecule is CCC1CCC(c2cccc(-c3ccccc3)c2C2CCC(CC)CC2)CC1. The molecule has 2 aromatic carbocycles. The molecule has 2 aliphatic rings. The molecule has 0 radical (unpaired) electrons. The lowest BCUT2D eigenvalue weighted by Gasteiger charge is -2.35. The van der Waals surface area contributed by atoms with E-state index >= 15 is 0 Å². The molecule has 0 aromatic heterocycles. The van der Waals surface area contributed by atoms with Gasteiger partial charge in [0, 0.05) is 0 Å². The Morgan fingerprint density at radius 2 is 1.18 bits per heavy atom. The summed E-state index contributed by atoms with van der Waals surface area (Å²) in [6.45, 7) is 4.75. The first-order valence-corrected chi connectivity index (χ1v) is 12.0. The molecule has 0 spiro atoms. The quantitative estimate of drug-likeness (QED) is 0.491. The van der Waals surface area contributed by atoms with Crippen molar-refractivity contribution in [1.82, 2.24) is 0 Å². The molecule has 0 aliphatic heterocycles. The van der Waals surface area contributed by atoms with E-state index in [1.54, 1.807) is 11.1 Å². The first kappa shape index (κ1) is 19.7. The summed E-state index contributed by atoms with van der Waals surface area (Å²) >= 11 is 0. The van der Waals surface area contributed by atoms with Crippen molar-refractivity contribution in [3.05, 3.63) is 59.7 Å². The van der Waals surface area contributed by atoms with E-state index in [2.05, 4.69) is 62.4 Å². The molecule has 4 rings (SSSR count). The Morgan fingerprint density at radius 3 is 1.75 bits per heavy atom. The minimum absolute atomic E-state index is 0.762. The fourth-order valence-corrected chi connectivity index (χ4v) is 6.01. The zero-order valence-electron chi connectivity index (χ0n) is 18.0. The van der Waals surface area contributed by atoms with E-state index in [-0.39, 0.29) is 0 Å². The van der Waals surface area contributed by atoms with Crippen molar-refractivity contribution in [3.63, 3.8) is 0 Å². The van der Waals surface area contributed by atoms with Crippen LogP contribution in [-0.2, 0) is 0 Å². The topological polar surface area (TPSA) is 0 Å². The Hall–Kier alpha value is -1.56. The van der Waals surface area contributed by atoms with Crippen molar-refractivity contribution < 1.29 is 0 Å². The molecule has 28 heavy (non-hydrogen) atoms. The molecule has 0 heteroatoms. The van der Waals surface area contributed by atoms with Crippen molar-refractivity contribution in [3.8, 4) is 11.1 Å². The molecule has 0 atom stereocenters. The average Bonchev–Trinajstić information content (AvgIpc) is 2.79. The maximum Gasteiger partial charge on any atom is -0.0146 e. The third-order valence-corrected chi connectivity index (χ3v) is 7.92. The predicted molar refractivity (Wildman–Crippen MR) is 122 cm³/mol. The van der Waals surface area contributed by atoms with Crippen molar-refractivity contribution in [2.24, 2.45) is 11.8 Å². The van der Waals surface area contributed by atoms with Gasteiger partial charge < -0.3 is 0 Å². The minimum atomic E-state index is 0.762. The van der Waals surface area contributed by atoms with Crippen LogP contribution in [0.5, 0.6) is 0 Å². The molecule has 0 N–H and O–H groups in total. The Labute approximate surface area is 172 Å². The zero-order chi connectivity index (χ0) is 19.3. The van der Waals surface area contributed by atoms with Gasteiger partial charge in [0.25, 0.3) is 0 Å². The van der Waals surface area contributed by atoms with Crippen LogP contribution in [-0.4, -0.2) is 0 Å². The van der Waals surface area contributed by atoms with E-state index in [1.165, 1.54) is 75.3 Å². The smallest absolute Gasteiger partial charge is 0.0146 e. The summed E-state index contributed by atoms with van der Waals surface area (Å²) in [6, 6.07) is 18.4. The summed E-state index contributed by atoms with van der Waals surface area (Å²) in [5, 5.41) is 0. The van der Waals surface area contributed by atoms with E-state index in [9.17, 15) is 0 Å². The van der Waals surface area contributed by atoms with Gasteiger partial charge in [0.05, 0.1) is 0 Å². The van der Waals surface area contributed by atoms with Crippen LogP contribution in [0.4, 0.5) is 0 Å². The number of hydrogen-bond donors (Lipinski definition) is 0. The van der Waals surface area contributed by atoms with Crippen LogP contribution in [0.25, 0.3) is 11.1 Å². The Kier molecular flexibility index (Phi) is 6.55. The molecule has 0 heterocycles. The standard InChI is InChI=1S/C28H38/c1-3-21-13-17-24(18-14-21)27-12-8-11-26(23-9-6-5-7-10-23)28(27)25-19-15-22(4-2)16-20-25/h5-12,21-22,24-25H,3-4,13-20H2,1-2H3. The average molecular weight is 375 g/mol. The second-order valence-electron chi connectivity index (χ2n) is 9.43. The number of hydrogen-bond acceptors (Lipinski definition) is 0. The second-order valence-corrected chi connectivity index (χ2v) is 9.43. The third kappa shape index (κ3) is 4.22. The van der Waals surface area contributed by atoms with Gasteiger partial charge in [-0.1, -0.05) is 75.2 Å². The van der Waals surface area contributed by atoms with Gasteiger partial charge in [-0.05, 0) is 97.3 Å². The van der Waals surface area contributed by atoms with Gasteiger partial charge in [-0.3, -0.25) is 0 Å². The number of benzene rings is 2. The molecule has 0 unspecified atom stereocenters. The summed E-state index contributed by atoms with van der Waals surface area (Å²) < 4.78 is 0.